The van der Waals surface area contributed by atoms with Gasteiger partial charge in [0.1, 0.15) is 0 Å². The third-order valence-electron chi connectivity index (χ3n) is 4.04. The zero-order chi connectivity index (χ0) is 14.5. The van der Waals surface area contributed by atoms with Gasteiger partial charge in [0, 0.05) is 37.3 Å². The van der Waals surface area contributed by atoms with Crippen LogP contribution in [0.4, 0.5) is 5.69 Å². The van der Waals surface area contributed by atoms with Gasteiger partial charge in [0.15, 0.2) is 0 Å². The fraction of sp³-hybridized carbons (Fsp3) is 0.471. The first-order valence-corrected chi connectivity index (χ1v) is 7.76. The quantitative estimate of drug-likeness (QED) is 0.916. The third kappa shape index (κ3) is 3.85. The van der Waals surface area contributed by atoms with E-state index in [9.17, 15) is 0 Å². The SMILES string of the molecule is CCC1CC(Nc2cccc(Cn3ccnc3)c2)CCO1. The van der Waals surface area contributed by atoms with E-state index in [4.69, 9.17) is 4.74 Å². The van der Waals surface area contributed by atoms with Crippen molar-refractivity contribution in [3.8, 4) is 0 Å². The van der Waals surface area contributed by atoms with Gasteiger partial charge in [-0.2, -0.15) is 0 Å². The molecule has 1 aromatic heterocycles. The van der Waals surface area contributed by atoms with E-state index in [2.05, 4.69) is 46.1 Å². The molecule has 2 heterocycles. The zero-order valence-electron chi connectivity index (χ0n) is 12.5. The van der Waals surface area contributed by atoms with E-state index in [1.165, 1.54) is 11.3 Å². The minimum atomic E-state index is 0.408. The Balaban J connectivity index is 1.63. The number of nitrogens with zero attached hydrogens (tertiary/aromatic N) is 2. The molecule has 1 aromatic carbocycles. The number of rotatable bonds is 5. The highest BCUT2D eigenvalue weighted by atomic mass is 16.5. The average Bonchev–Trinajstić information content (AvgIpc) is 3.01. The lowest BCUT2D eigenvalue weighted by Gasteiger charge is -2.30. The second-order valence-electron chi connectivity index (χ2n) is 5.70. The van der Waals surface area contributed by atoms with Crippen LogP contribution >= 0.6 is 0 Å². The molecule has 112 valence electrons. The molecule has 0 radical (unpaired) electrons. The summed E-state index contributed by atoms with van der Waals surface area (Å²) in [4.78, 5) is 4.09. The number of imidazole rings is 1. The van der Waals surface area contributed by atoms with Gasteiger partial charge in [0.05, 0.1) is 12.4 Å². The van der Waals surface area contributed by atoms with E-state index in [1.54, 1.807) is 0 Å². The molecule has 2 aromatic rings. The van der Waals surface area contributed by atoms with Crippen LogP contribution in [0.3, 0.4) is 0 Å². The topological polar surface area (TPSA) is 39.1 Å². The number of aromatic nitrogens is 2. The molecule has 0 bridgehead atoms. The summed E-state index contributed by atoms with van der Waals surface area (Å²) in [5, 5.41) is 3.66. The first-order chi connectivity index (χ1) is 10.3. The van der Waals surface area contributed by atoms with Gasteiger partial charge in [-0.05, 0) is 37.0 Å². The van der Waals surface area contributed by atoms with Gasteiger partial charge in [-0.3, -0.25) is 0 Å². The lowest BCUT2D eigenvalue weighted by molar-refractivity contribution is 0.00926. The molecule has 0 aliphatic carbocycles. The van der Waals surface area contributed by atoms with Crippen LogP contribution in [0.5, 0.6) is 0 Å². The molecule has 0 amide bonds. The van der Waals surface area contributed by atoms with Gasteiger partial charge in [-0.15, -0.1) is 0 Å². The summed E-state index contributed by atoms with van der Waals surface area (Å²) in [6, 6.07) is 9.17. The van der Waals surface area contributed by atoms with Gasteiger partial charge < -0.3 is 14.6 Å². The van der Waals surface area contributed by atoms with Crippen LogP contribution in [0, 0.1) is 0 Å². The van der Waals surface area contributed by atoms with Crippen LogP contribution in [0.25, 0.3) is 0 Å². The van der Waals surface area contributed by atoms with Crippen LogP contribution in [0.15, 0.2) is 43.0 Å². The van der Waals surface area contributed by atoms with E-state index in [1.807, 2.05) is 18.7 Å². The Hall–Kier alpha value is -1.81. The Morgan fingerprint density at radius 3 is 3.19 bits per heavy atom. The molecule has 1 N–H and O–H groups in total. The highest BCUT2D eigenvalue weighted by Gasteiger charge is 2.20. The average molecular weight is 285 g/mol. The second kappa shape index (κ2) is 6.76. The summed E-state index contributed by atoms with van der Waals surface area (Å²) >= 11 is 0. The maximum Gasteiger partial charge on any atom is 0.0949 e. The van der Waals surface area contributed by atoms with Crippen molar-refractivity contribution >= 4 is 5.69 Å². The van der Waals surface area contributed by atoms with Crippen molar-refractivity contribution in [2.45, 2.75) is 44.9 Å². The molecule has 1 aliphatic rings. The van der Waals surface area contributed by atoms with Crippen LogP contribution < -0.4 is 5.32 Å². The van der Waals surface area contributed by atoms with E-state index < -0.39 is 0 Å². The Labute approximate surface area is 126 Å². The van der Waals surface area contributed by atoms with E-state index in [0.29, 0.717) is 12.1 Å². The van der Waals surface area contributed by atoms with Crippen molar-refractivity contribution in [2.75, 3.05) is 11.9 Å². The monoisotopic (exact) mass is 285 g/mol. The van der Waals surface area contributed by atoms with Crippen molar-refractivity contribution in [3.05, 3.63) is 48.5 Å². The molecule has 1 aliphatic heterocycles. The fourth-order valence-electron chi connectivity index (χ4n) is 2.88. The van der Waals surface area contributed by atoms with Gasteiger partial charge in [0.2, 0.25) is 0 Å². The highest BCUT2D eigenvalue weighted by Crippen LogP contribution is 2.21. The van der Waals surface area contributed by atoms with Gasteiger partial charge in [0.25, 0.3) is 0 Å². The normalized spacial score (nSPS) is 22.1. The number of anilines is 1. The standard InChI is InChI=1S/C17H23N3O/c1-2-17-11-16(6-9-21-17)19-15-5-3-4-14(10-15)12-20-8-7-18-13-20/h3-5,7-8,10,13,16-17,19H,2,6,9,11-12H2,1H3. The molecule has 21 heavy (non-hydrogen) atoms. The molecule has 1 saturated heterocycles. The highest BCUT2D eigenvalue weighted by molar-refractivity contribution is 5.46. The summed E-state index contributed by atoms with van der Waals surface area (Å²) in [5.41, 5.74) is 2.49. The smallest absolute Gasteiger partial charge is 0.0949 e. The molecular weight excluding hydrogens is 262 g/mol. The number of benzene rings is 1. The van der Waals surface area contributed by atoms with Crippen LogP contribution in [-0.2, 0) is 11.3 Å². The van der Waals surface area contributed by atoms with Crippen molar-refractivity contribution in [2.24, 2.45) is 0 Å². The second-order valence-corrected chi connectivity index (χ2v) is 5.70. The van der Waals surface area contributed by atoms with E-state index in [0.717, 1.165) is 32.4 Å². The first kappa shape index (κ1) is 14.1. The van der Waals surface area contributed by atoms with E-state index in [-0.39, 0.29) is 0 Å². The summed E-state index contributed by atoms with van der Waals surface area (Å²) < 4.78 is 7.82. The maximum atomic E-state index is 5.74. The molecule has 4 nitrogen and oxygen atoms in total. The Morgan fingerprint density at radius 2 is 2.38 bits per heavy atom. The van der Waals surface area contributed by atoms with Gasteiger partial charge in [-0.1, -0.05) is 19.1 Å². The molecule has 0 saturated carbocycles. The van der Waals surface area contributed by atoms with Crippen molar-refractivity contribution in [1.29, 1.82) is 0 Å². The molecule has 3 rings (SSSR count). The fourth-order valence-corrected chi connectivity index (χ4v) is 2.88. The summed E-state index contributed by atoms with van der Waals surface area (Å²) in [7, 11) is 0. The predicted molar refractivity (Wildman–Crippen MR) is 84.4 cm³/mol. The van der Waals surface area contributed by atoms with Gasteiger partial charge >= 0.3 is 0 Å². The maximum absolute atomic E-state index is 5.74. The van der Waals surface area contributed by atoms with Crippen LogP contribution in [0.1, 0.15) is 31.7 Å². The minimum Gasteiger partial charge on any atom is -0.382 e. The summed E-state index contributed by atoms with van der Waals surface area (Å²) in [5.74, 6) is 0. The molecule has 4 heteroatoms. The molecule has 0 spiro atoms. The number of hydrogen-bond donors (Lipinski definition) is 1. The predicted octanol–water partition coefficient (Wildman–Crippen LogP) is 3.30. The number of hydrogen-bond acceptors (Lipinski definition) is 3. The summed E-state index contributed by atoms with van der Waals surface area (Å²) in [6.07, 6.45) is 9.35. The lowest BCUT2D eigenvalue weighted by atomic mass is 10.0. The van der Waals surface area contributed by atoms with Crippen molar-refractivity contribution in [3.63, 3.8) is 0 Å². The van der Waals surface area contributed by atoms with Gasteiger partial charge in [-0.25, -0.2) is 4.98 Å². The molecule has 2 atom stereocenters. The van der Waals surface area contributed by atoms with Crippen molar-refractivity contribution in [1.82, 2.24) is 9.55 Å². The molecule has 1 fully saturated rings. The Kier molecular flexibility index (Phi) is 4.55. The first-order valence-electron chi connectivity index (χ1n) is 7.76. The van der Waals surface area contributed by atoms with Crippen LogP contribution in [0.2, 0.25) is 0 Å². The zero-order valence-corrected chi connectivity index (χ0v) is 12.5. The Bertz CT molecular complexity index is 553. The lowest BCUT2D eigenvalue weighted by Crippen LogP contribution is -2.33. The minimum absolute atomic E-state index is 0.408. The molecular formula is C17H23N3O. The third-order valence-corrected chi connectivity index (χ3v) is 4.04. The largest absolute Gasteiger partial charge is 0.382 e. The Morgan fingerprint density at radius 1 is 1.43 bits per heavy atom. The summed E-state index contributed by atoms with van der Waals surface area (Å²) in [6.45, 7) is 3.92. The van der Waals surface area contributed by atoms with E-state index >= 15 is 0 Å². The van der Waals surface area contributed by atoms with Crippen LogP contribution in [-0.4, -0.2) is 28.3 Å². The van der Waals surface area contributed by atoms with Crippen molar-refractivity contribution < 1.29 is 4.74 Å². The number of ether oxygens (including phenoxy) is 1. The number of nitrogens with one attached hydrogen (secondary N) is 1. The molecule has 2 unspecified atom stereocenters.